The van der Waals surface area contributed by atoms with Crippen LogP contribution in [-0.4, -0.2) is 15.5 Å². The number of rotatable bonds is 4. The average molecular weight is 353 g/mol. The molecule has 0 aromatic heterocycles. The quantitative estimate of drug-likeness (QED) is 0.522. The molecule has 124 valence electrons. The minimum absolute atomic E-state index is 0.110. The van der Waals surface area contributed by atoms with Gasteiger partial charge in [0, 0.05) is 12.1 Å². The highest BCUT2D eigenvalue weighted by molar-refractivity contribution is 7.92. The van der Waals surface area contributed by atoms with Crippen molar-refractivity contribution in [2.45, 2.75) is 4.90 Å². The van der Waals surface area contributed by atoms with E-state index in [1.165, 1.54) is 7.11 Å². The monoisotopic (exact) mass is 353 g/mol. The second-order valence-corrected chi connectivity index (χ2v) is 5.87. The number of hydrogen-bond acceptors (Lipinski definition) is 3. The van der Waals surface area contributed by atoms with Crippen molar-refractivity contribution < 1.29 is 35.1 Å². The topological polar surface area (TPSA) is 55.4 Å². The van der Waals surface area contributed by atoms with E-state index in [0.717, 1.165) is 12.1 Å². The largest absolute Gasteiger partial charge is 0.494 e. The third kappa shape index (κ3) is 3.21. The maximum absolute atomic E-state index is 13.6. The van der Waals surface area contributed by atoms with Crippen LogP contribution in [0.5, 0.6) is 5.75 Å². The first-order valence-electron chi connectivity index (χ1n) is 5.86. The lowest BCUT2D eigenvalue weighted by molar-refractivity contribution is 0.386. The fourth-order valence-corrected chi connectivity index (χ4v) is 2.91. The van der Waals surface area contributed by atoms with Crippen LogP contribution in [0.1, 0.15) is 0 Å². The Labute approximate surface area is 127 Å². The standard InChI is InChI=1S/C13H8F5NO3S/c1-22-10-3-2-6(4-7(10)14)19-23(20,21)13-9(16)5-8(15)11(17)12(13)18/h2-5,19H,1H3. The number of nitrogens with one attached hydrogen (secondary N) is 1. The van der Waals surface area contributed by atoms with Crippen LogP contribution in [0, 0.1) is 29.1 Å². The summed E-state index contributed by atoms with van der Waals surface area (Å²) in [6, 6.07) is 2.69. The van der Waals surface area contributed by atoms with E-state index in [1.54, 1.807) is 4.72 Å². The van der Waals surface area contributed by atoms with Gasteiger partial charge in [-0.05, 0) is 12.1 Å². The summed E-state index contributed by atoms with van der Waals surface area (Å²) in [7, 11) is -3.79. The van der Waals surface area contributed by atoms with Crippen LogP contribution in [0.2, 0.25) is 0 Å². The maximum atomic E-state index is 13.6. The Balaban J connectivity index is 2.48. The Hall–Kier alpha value is -2.36. The zero-order chi connectivity index (χ0) is 17.4. The normalized spacial score (nSPS) is 11.4. The number of benzene rings is 2. The van der Waals surface area contributed by atoms with Crippen LogP contribution >= 0.6 is 0 Å². The smallest absolute Gasteiger partial charge is 0.267 e. The number of ether oxygens (including phenoxy) is 1. The summed E-state index contributed by atoms with van der Waals surface area (Å²) in [6.45, 7) is 0. The van der Waals surface area contributed by atoms with E-state index >= 15 is 0 Å². The van der Waals surface area contributed by atoms with Crippen LogP contribution in [0.25, 0.3) is 0 Å². The van der Waals surface area contributed by atoms with Gasteiger partial charge in [-0.2, -0.15) is 0 Å². The maximum Gasteiger partial charge on any atom is 0.267 e. The second kappa shape index (κ2) is 6.03. The molecular weight excluding hydrogens is 345 g/mol. The van der Waals surface area contributed by atoms with Gasteiger partial charge in [-0.1, -0.05) is 0 Å². The van der Waals surface area contributed by atoms with E-state index in [1.807, 2.05) is 0 Å². The fourth-order valence-electron chi connectivity index (χ4n) is 1.73. The summed E-state index contributed by atoms with van der Waals surface area (Å²) in [5, 5.41) is 0. The molecule has 0 bridgehead atoms. The Morgan fingerprint density at radius 3 is 2.13 bits per heavy atom. The summed E-state index contributed by atoms with van der Waals surface area (Å²) in [6.07, 6.45) is 0. The Kier molecular flexibility index (Phi) is 4.46. The summed E-state index contributed by atoms with van der Waals surface area (Å²) in [5.41, 5.74) is -0.396. The molecule has 0 aliphatic heterocycles. The molecule has 4 nitrogen and oxygen atoms in total. The van der Waals surface area contributed by atoms with Gasteiger partial charge in [-0.3, -0.25) is 4.72 Å². The molecule has 0 aliphatic rings. The highest BCUT2D eigenvalue weighted by atomic mass is 32.2. The summed E-state index contributed by atoms with van der Waals surface area (Å²) in [4.78, 5) is -1.72. The highest BCUT2D eigenvalue weighted by Gasteiger charge is 2.29. The van der Waals surface area contributed by atoms with Crippen LogP contribution in [0.4, 0.5) is 27.6 Å². The molecule has 10 heteroatoms. The minimum atomic E-state index is -4.96. The molecule has 0 saturated heterocycles. The average Bonchev–Trinajstić information content (AvgIpc) is 2.44. The van der Waals surface area contributed by atoms with Crippen molar-refractivity contribution >= 4 is 15.7 Å². The third-order valence-electron chi connectivity index (χ3n) is 2.74. The van der Waals surface area contributed by atoms with Gasteiger partial charge in [-0.15, -0.1) is 0 Å². The molecule has 0 radical (unpaired) electrons. The van der Waals surface area contributed by atoms with Crippen molar-refractivity contribution in [3.63, 3.8) is 0 Å². The first-order chi connectivity index (χ1) is 10.7. The van der Waals surface area contributed by atoms with Crippen molar-refractivity contribution in [1.29, 1.82) is 0 Å². The van der Waals surface area contributed by atoms with Crippen molar-refractivity contribution in [1.82, 2.24) is 0 Å². The van der Waals surface area contributed by atoms with E-state index in [9.17, 15) is 30.4 Å². The van der Waals surface area contributed by atoms with Crippen LogP contribution in [0.15, 0.2) is 29.2 Å². The van der Waals surface area contributed by atoms with Gasteiger partial charge in [0.1, 0.15) is 5.82 Å². The van der Waals surface area contributed by atoms with Gasteiger partial charge >= 0.3 is 0 Å². The highest BCUT2D eigenvalue weighted by Crippen LogP contribution is 2.27. The van der Waals surface area contributed by atoms with Crippen molar-refractivity contribution in [3.8, 4) is 5.75 Å². The number of methoxy groups -OCH3 is 1. The van der Waals surface area contributed by atoms with Crippen molar-refractivity contribution in [2.24, 2.45) is 0 Å². The lowest BCUT2D eigenvalue weighted by Gasteiger charge is -2.11. The molecule has 23 heavy (non-hydrogen) atoms. The van der Waals surface area contributed by atoms with E-state index in [4.69, 9.17) is 0 Å². The number of sulfonamides is 1. The minimum Gasteiger partial charge on any atom is -0.494 e. The molecule has 0 aliphatic carbocycles. The summed E-state index contributed by atoms with van der Waals surface area (Å²) >= 11 is 0. The molecule has 0 fully saturated rings. The SMILES string of the molecule is COc1ccc(NS(=O)(=O)c2c(F)cc(F)c(F)c2F)cc1F. The Bertz CT molecular complexity index is 870. The number of anilines is 1. The fraction of sp³-hybridized carbons (Fsp3) is 0.0769. The van der Waals surface area contributed by atoms with Crippen molar-refractivity contribution in [3.05, 3.63) is 53.4 Å². The predicted molar refractivity (Wildman–Crippen MR) is 70.0 cm³/mol. The van der Waals surface area contributed by atoms with Gasteiger partial charge in [-0.25, -0.2) is 30.4 Å². The van der Waals surface area contributed by atoms with Gasteiger partial charge in [0.15, 0.2) is 33.9 Å². The van der Waals surface area contributed by atoms with Gasteiger partial charge in [0.25, 0.3) is 10.0 Å². The second-order valence-electron chi connectivity index (χ2n) is 4.25. The number of hydrogen-bond donors (Lipinski definition) is 1. The molecule has 0 saturated carbocycles. The van der Waals surface area contributed by atoms with E-state index in [0.29, 0.717) is 6.07 Å². The molecular formula is C13H8F5NO3S. The molecule has 2 rings (SSSR count). The first kappa shape index (κ1) is 17.0. The van der Waals surface area contributed by atoms with Crippen LogP contribution < -0.4 is 9.46 Å². The predicted octanol–water partition coefficient (Wildman–Crippen LogP) is 3.19. The Morgan fingerprint density at radius 1 is 0.913 bits per heavy atom. The third-order valence-corrected chi connectivity index (χ3v) is 4.16. The van der Waals surface area contributed by atoms with E-state index < -0.39 is 49.7 Å². The summed E-state index contributed by atoms with van der Waals surface area (Å²) in [5.74, 6) is -9.22. The van der Waals surface area contributed by atoms with Crippen molar-refractivity contribution in [2.75, 3.05) is 11.8 Å². The number of halogens is 5. The molecule has 0 atom stereocenters. The molecule has 0 heterocycles. The molecule has 0 amide bonds. The molecule has 1 N–H and O–H groups in total. The van der Waals surface area contributed by atoms with Crippen LogP contribution in [0.3, 0.4) is 0 Å². The van der Waals surface area contributed by atoms with E-state index in [-0.39, 0.29) is 11.8 Å². The lowest BCUT2D eigenvalue weighted by Crippen LogP contribution is -2.18. The Morgan fingerprint density at radius 2 is 1.57 bits per heavy atom. The van der Waals surface area contributed by atoms with Gasteiger partial charge < -0.3 is 4.74 Å². The van der Waals surface area contributed by atoms with Crippen LogP contribution in [-0.2, 0) is 10.0 Å². The first-order valence-corrected chi connectivity index (χ1v) is 7.35. The molecule has 2 aromatic rings. The van der Waals surface area contributed by atoms with Gasteiger partial charge in [0.05, 0.1) is 12.8 Å². The molecule has 2 aromatic carbocycles. The zero-order valence-electron chi connectivity index (χ0n) is 11.3. The summed E-state index contributed by atoms with van der Waals surface area (Å²) < 4.78 is 96.7. The lowest BCUT2D eigenvalue weighted by atomic mass is 10.3. The van der Waals surface area contributed by atoms with Gasteiger partial charge in [0.2, 0.25) is 0 Å². The zero-order valence-corrected chi connectivity index (χ0v) is 12.1. The molecule has 0 spiro atoms. The molecule has 0 unspecified atom stereocenters. The van der Waals surface area contributed by atoms with E-state index in [2.05, 4.69) is 4.74 Å².